The lowest BCUT2D eigenvalue weighted by Crippen LogP contribution is -1.98. The van der Waals surface area contributed by atoms with Crippen molar-refractivity contribution >= 4 is 5.97 Å². The quantitative estimate of drug-likeness (QED) is 0.0711. The van der Waals surface area contributed by atoms with Crippen LogP contribution in [0, 0.1) is 0 Å². The number of rotatable bonds is 23. The number of allylic oxidation sites excluding steroid dienone is 3. The van der Waals surface area contributed by atoms with Crippen LogP contribution in [0.15, 0.2) is 24.3 Å². The van der Waals surface area contributed by atoms with E-state index in [1.165, 1.54) is 128 Å². The highest BCUT2D eigenvalue weighted by Gasteiger charge is 1.95. The summed E-state index contributed by atoms with van der Waals surface area (Å²) in [6, 6.07) is 0. The zero-order chi connectivity index (χ0) is 22.0. The molecule has 2 heteroatoms. The van der Waals surface area contributed by atoms with Crippen molar-refractivity contribution in [2.24, 2.45) is 0 Å². The van der Waals surface area contributed by atoms with Crippen LogP contribution >= 0.6 is 0 Å². The SMILES string of the molecule is CCCCCCCCCCCCCCCCCCCCCC=CC=CC(=O)OCC. The van der Waals surface area contributed by atoms with Crippen molar-refractivity contribution in [2.45, 2.75) is 142 Å². The standard InChI is InChI=1S/C28H52O2/c1-3-5-6-7-8-9-10-11-12-13-14-15-16-17-18-19-20-21-22-23-24-25-26-27-28(29)30-4-2/h24-27H,3-23H2,1-2H3. The molecule has 0 unspecified atom stereocenters. The summed E-state index contributed by atoms with van der Waals surface area (Å²) in [5, 5.41) is 0. The van der Waals surface area contributed by atoms with Crippen LogP contribution in [0.2, 0.25) is 0 Å². The van der Waals surface area contributed by atoms with Crippen molar-refractivity contribution in [3.8, 4) is 0 Å². The Morgan fingerprint density at radius 1 is 0.567 bits per heavy atom. The summed E-state index contributed by atoms with van der Waals surface area (Å²) in [5.74, 6) is -0.259. The van der Waals surface area contributed by atoms with Gasteiger partial charge in [0.15, 0.2) is 0 Å². The minimum absolute atomic E-state index is 0.259. The summed E-state index contributed by atoms with van der Waals surface area (Å²) < 4.78 is 4.83. The molecular weight excluding hydrogens is 368 g/mol. The van der Waals surface area contributed by atoms with Crippen LogP contribution < -0.4 is 0 Å². The molecule has 2 nitrogen and oxygen atoms in total. The lowest BCUT2D eigenvalue weighted by Gasteiger charge is -2.03. The van der Waals surface area contributed by atoms with Gasteiger partial charge in [0.05, 0.1) is 6.61 Å². The lowest BCUT2D eigenvalue weighted by atomic mass is 10.0. The van der Waals surface area contributed by atoms with Gasteiger partial charge in [-0.2, -0.15) is 0 Å². The molecule has 0 N–H and O–H groups in total. The average molecular weight is 421 g/mol. The summed E-state index contributed by atoms with van der Waals surface area (Å²) in [7, 11) is 0. The van der Waals surface area contributed by atoms with E-state index in [0.29, 0.717) is 6.61 Å². The number of unbranched alkanes of at least 4 members (excludes halogenated alkanes) is 19. The molecular formula is C28H52O2. The molecule has 0 rings (SSSR count). The number of hydrogen-bond donors (Lipinski definition) is 0. The molecule has 0 amide bonds. The summed E-state index contributed by atoms with van der Waals surface area (Å²) in [6.07, 6.45) is 35.4. The van der Waals surface area contributed by atoms with Gasteiger partial charge >= 0.3 is 5.97 Å². The molecule has 0 aromatic carbocycles. The van der Waals surface area contributed by atoms with E-state index >= 15 is 0 Å². The van der Waals surface area contributed by atoms with E-state index in [1.54, 1.807) is 6.08 Å². The maximum absolute atomic E-state index is 11.1. The first kappa shape index (κ1) is 28.9. The van der Waals surface area contributed by atoms with Gasteiger partial charge < -0.3 is 4.74 Å². The van der Waals surface area contributed by atoms with E-state index in [9.17, 15) is 4.79 Å². The minimum Gasteiger partial charge on any atom is -0.463 e. The Balaban J connectivity index is 3.14. The van der Waals surface area contributed by atoms with Gasteiger partial charge in [0, 0.05) is 6.08 Å². The highest BCUT2D eigenvalue weighted by molar-refractivity contribution is 5.82. The topological polar surface area (TPSA) is 26.3 Å². The Bertz CT molecular complexity index is 397. The Kier molecular flexibility index (Phi) is 25.1. The van der Waals surface area contributed by atoms with Crippen molar-refractivity contribution in [3.63, 3.8) is 0 Å². The molecule has 30 heavy (non-hydrogen) atoms. The van der Waals surface area contributed by atoms with Gasteiger partial charge in [-0.1, -0.05) is 141 Å². The maximum Gasteiger partial charge on any atom is 0.330 e. The smallest absolute Gasteiger partial charge is 0.330 e. The molecule has 0 aliphatic carbocycles. The van der Waals surface area contributed by atoms with E-state index in [4.69, 9.17) is 4.74 Å². The summed E-state index contributed by atoms with van der Waals surface area (Å²) in [6.45, 7) is 4.55. The zero-order valence-electron chi connectivity index (χ0n) is 20.5. The highest BCUT2D eigenvalue weighted by Crippen LogP contribution is 2.14. The van der Waals surface area contributed by atoms with Crippen molar-refractivity contribution in [2.75, 3.05) is 6.61 Å². The first-order valence-corrected chi connectivity index (χ1v) is 13.3. The van der Waals surface area contributed by atoms with Crippen LogP contribution in [-0.4, -0.2) is 12.6 Å². The van der Waals surface area contributed by atoms with Gasteiger partial charge in [0.25, 0.3) is 0 Å². The molecule has 0 aromatic heterocycles. The molecule has 0 atom stereocenters. The number of ether oxygens (including phenoxy) is 1. The summed E-state index contributed by atoms with van der Waals surface area (Å²) >= 11 is 0. The monoisotopic (exact) mass is 420 g/mol. The van der Waals surface area contributed by atoms with Gasteiger partial charge in [-0.25, -0.2) is 4.79 Å². The van der Waals surface area contributed by atoms with Crippen molar-refractivity contribution in [1.82, 2.24) is 0 Å². The maximum atomic E-state index is 11.1. The van der Waals surface area contributed by atoms with Gasteiger partial charge in [0.2, 0.25) is 0 Å². The van der Waals surface area contributed by atoms with Crippen LogP contribution in [0.1, 0.15) is 142 Å². The Labute approximate surface area is 188 Å². The minimum atomic E-state index is -0.259. The van der Waals surface area contributed by atoms with E-state index in [0.717, 1.165) is 6.42 Å². The highest BCUT2D eigenvalue weighted by atomic mass is 16.5. The number of esters is 1. The predicted molar refractivity (Wildman–Crippen MR) is 133 cm³/mol. The van der Waals surface area contributed by atoms with Crippen molar-refractivity contribution in [3.05, 3.63) is 24.3 Å². The molecule has 0 fully saturated rings. The van der Waals surface area contributed by atoms with Crippen molar-refractivity contribution in [1.29, 1.82) is 0 Å². The zero-order valence-corrected chi connectivity index (χ0v) is 20.5. The van der Waals surface area contributed by atoms with Gasteiger partial charge in [-0.15, -0.1) is 0 Å². The number of hydrogen-bond acceptors (Lipinski definition) is 2. The Hall–Kier alpha value is -1.05. The first-order valence-electron chi connectivity index (χ1n) is 13.3. The van der Waals surface area contributed by atoms with E-state index in [-0.39, 0.29) is 5.97 Å². The fraction of sp³-hybridized carbons (Fsp3) is 0.821. The van der Waals surface area contributed by atoms with Crippen molar-refractivity contribution < 1.29 is 9.53 Å². The molecule has 0 saturated carbocycles. The third kappa shape index (κ3) is 25.0. The van der Waals surface area contributed by atoms with Crippen LogP contribution in [-0.2, 0) is 9.53 Å². The van der Waals surface area contributed by atoms with Gasteiger partial charge in [-0.3, -0.25) is 0 Å². The van der Waals surface area contributed by atoms with E-state index < -0.39 is 0 Å². The average Bonchev–Trinajstić information content (AvgIpc) is 2.74. The second-order valence-corrected chi connectivity index (χ2v) is 8.69. The van der Waals surface area contributed by atoms with E-state index in [1.807, 2.05) is 13.0 Å². The molecule has 0 heterocycles. The number of carbonyl (C=O) groups excluding carboxylic acids is 1. The molecule has 0 spiro atoms. The predicted octanol–water partition coefficient (Wildman–Crippen LogP) is 9.48. The van der Waals surface area contributed by atoms with Crippen LogP contribution in [0.5, 0.6) is 0 Å². The lowest BCUT2D eigenvalue weighted by molar-refractivity contribution is -0.137. The largest absolute Gasteiger partial charge is 0.463 e. The normalized spacial score (nSPS) is 11.7. The molecule has 0 radical (unpaired) electrons. The van der Waals surface area contributed by atoms with Gasteiger partial charge in [-0.05, 0) is 19.8 Å². The molecule has 0 aliphatic heterocycles. The van der Waals surface area contributed by atoms with Gasteiger partial charge in [0.1, 0.15) is 0 Å². The first-order chi connectivity index (χ1) is 14.8. The molecule has 0 aromatic rings. The van der Waals surface area contributed by atoms with E-state index in [2.05, 4.69) is 13.0 Å². The Morgan fingerprint density at radius 3 is 1.37 bits per heavy atom. The third-order valence-electron chi connectivity index (χ3n) is 5.74. The number of carbonyl (C=O) groups is 1. The fourth-order valence-electron chi connectivity index (χ4n) is 3.84. The molecule has 176 valence electrons. The third-order valence-corrected chi connectivity index (χ3v) is 5.74. The summed E-state index contributed by atoms with van der Waals surface area (Å²) in [4.78, 5) is 11.1. The summed E-state index contributed by atoms with van der Waals surface area (Å²) in [5.41, 5.74) is 0. The molecule has 0 aliphatic rings. The second kappa shape index (κ2) is 26.0. The van der Waals surface area contributed by atoms with Crippen LogP contribution in [0.25, 0.3) is 0 Å². The molecule has 0 bridgehead atoms. The molecule has 0 saturated heterocycles. The second-order valence-electron chi connectivity index (χ2n) is 8.69. The fourth-order valence-corrected chi connectivity index (χ4v) is 3.84. The van der Waals surface area contributed by atoms with Crippen LogP contribution in [0.4, 0.5) is 0 Å². The van der Waals surface area contributed by atoms with Crippen LogP contribution in [0.3, 0.4) is 0 Å². The Morgan fingerprint density at radius 2 is 0.967 bits per heavy atom.